The summed E-state index contributed by atoms with van der Waals surface area (Å²) in [5, 5.41) is 12.1. The number of carbonyl (C=O) groups excluding carboxylic acids is 3. The van der Waals surface area contributed by atoms with Gasteiger partial charge in [-0.2, -0.15) is 0 Å². The summed E-state index contributed by atoms with van der Waals surface area (Å²) in [4.78, 5) is 63.2. The normalized spacial score (nSPS) is 24.5. The highest BCUT2D eigenvalue weighted by Gasteiger charge is 2.33. The van der Waals surface area contributed by atoms with E-state index in [4.69, 9.17) is 0 Å². The molecular weight excluding hydrogens is 743 g/mol. The first-order chi connectivity index (χ1) is 28.2. The summed E-state index contributed by atoms with van der Waals surface area (Å²) in [6.07, 6.45) is 12.1. The molecule has 2 saturated carbocycles. The van der Waals surface area contributed by atoms with Gasteiger partial charge in [0.1, 0.15) is 17.6 Å². The van der Waals surface area contributed by atoms with Crippen LogP contribution in [0.5, 0.6) is 0 Å². The number of rotatable bonds is 10. The fourth-order valence-electron chi connectivity index (χ4n) is 9.26. The third-order valence-electron chi connectivity index (χ3n) is 12.5. The second-order valence-electron chi connectivity index (χ2n) is 16.3. The molecule has 2 aliphatic carbocycles. The lowest BCUT2D eigenvalue weighted by molar-refractivity contribution is -0.133. The van der Waals surface area contributed by atoms with E-state index in [9.17, 15) is 23.6 Å². The summed E-state index contributed by atoms with van der Waals surface area (Å²) in [7, 11) is 0. The van der Waals surface area contributed by atoms with E-state index < -0.39 is 11.9 Å². The van der Waals surface area contributed by atoms with Crippen molar-refractivity contribution in [2.24, 2.45) is 5.92 Å². The van der Waals surface area contributed by atoms with Crippen LogP contribution in [0.3, 0.4) is 0 Å². The number of aromatic amines is 1. The average molecular weight is 793 g/mol. The Morgan fingerprint density at radius 3 is 2.28 bits per heavy atom. The van der Waals surface area contributed by atoms with Crippen molar-refractivity contribution in [2.45, 2.75) is 107 Å². The first-order valence-corrected chi connectivity index (χ1v) is 20.7. The van der Waals surface area contributed by atoms with Gasteiger partial charge in [0.2, 0.25) is 23.7 Å². The summed E-state index contributed by atoms with van der Waals surface area (Å²) in [6.45, 7) is 1.82. The van der Waals surface area contributed by atoms with Crippen LogP contribution < -0.4 is 26.8 Å². The highest BCUT2D eigenvalue weighted by molar-refractivity contribution is 6.01. The van der Waals surface area contributed by atoms with Gasteiger partial charge >= 0.3 is 0 Å². The maximum atomic E-state index is 15.3. The molecule has 0 spiro atoms. The Bertz CT molecular complexity index is 2190. The molecule has 58 heavy (non-hydrogen) atoms. The van der Waals surface area contributed by atoms with Crippen molar-refractivity contribution in [3.8, 4) is 22.4 Å². The average Bonchev–Trinajstić information content (AvgIpc) is 3.23. The lowest BCUT2D eigenvalue weighted by Gasteiger charge is -2.41. The molecule has 4 aliphatic rings. The van der Waals surface area contributed by atoms with Gasteiger partial charge in [0, 0.05) is 53.5 Å². The van der Waals surface area contributed by atoms with Gasteiger partial charge in [0.25, 0.3) is 5.56 Å². The lowest BCUT2D eigenvalue weighted by Crippen LogP contribution is -2.47. The number of halogens is 2. The number of hydrogen-bond acceptors (Lipinski definition) is 9. The molecule has 4 aromatic rings. The van der Waals surface area contributed by atoms with Crippen LogP contribution in [0.15, 0.2) is 71.8 Å². The molecule has 1 unspecified atom stereocenters. The van der Waals surface area contributed by atoms with Crippen LogP contribution in [0.4, 0.5) is 20.4 Å². The van der Waals surface area contributed by atoms with Crippen molar-refractivity contribution >= 4 is 29.4 Å². The van der Waals surface area contributed by atoms with Crippen LogP contribution in [-0.2, 0) is 14.4 Å². The van der Waals surface area contributed by atoms with Crippen molar-refractivity contribution in [2.75, 3.05) is 23.7 Å². The standard InChI is InChI=1S/C44H50F2N8O4/c45-36-24-32(49-38-16-17-39(55)52-43(38)58)12-15-34(36)26-18-21-54(22-19-26)33-13-10-30(11-14-33)50-41(56)27-6-8-31(9-7-27)51-44-48-25-37(46)40(53-44)29-4-1-3-28(23-29)35-5-2-20-47-42(35)57/h1-5,12,15,20,23-27,30-31,33,38,49H,6-11,13-14,16-19,21-22H2,(H,47,57)(H,50,56)(H,48,51,53)(H,52,55,58). The van der Waals surface area contributed by atoms with Crippen molar-refractivity contribution in [3.63, 3.8) is 0 Å². The fourth-order valence-corrected chi connectivity index (χ4v) is 9.26. The fraction of sp³-hybridized carbons (Fsp3) is 0.455. The monoisotopic (exact) mass is 792 g/mol. The lowest BCUT2D eigenvalue weighted by atomic mass is 9.83. The number of imide groups is 1. The van der Waals surface area contributed by atoms with Crippen LogP contribution in [0.2, 0.25) is 0 Å². The smallest absolute Gasteiger partial charge is 0.255 e. The van der Waals surface area contributed by atoms with E-state index in [1.807, 2.05) is 12.1 Å². The number of nitrogens with zero attached hydrogens (tertiary/aromatic N) is 3. The van der Waals surface area contributed by atoms with Crippen molar-refractivity contribution in [1.29, 1.82) is 0 Å². The zero-order valence-electron chi connectivity index (χ0n) is 32.4. The Morgan fingerprint density at radius 1 is 0.776 bits per heavy atom. The predicted octanol–water partition coefficient (Wildman–Crippen LogP) is 6.27. The van der Waals surface area contributed by atoms with E-state index in [-0.39, 0.29) is 65.1 Å². The number of hydrogen-bond donors (Lipinski definition) is 5. The van der Waals surface area contributed by atoms with Gasteiger partial charge < -0.3 is 25.8 Å². The predicted molar refractivity (Wildman–Crippen MR) is 217 cm³/mol. The topological polar surface area (TPSA) is 161 Å². The van der Waals surface area contributed by atoms with Crippen LogP contribution in [0.1, 0.15) is 88.5 Å². The minimum Gasteiger partial charge on any atom is -0.374 e. The summed E-state index contributed by atoms with van der Waals surface area (Å²) < 4.78 is 30.2. The molecule has 4 heterocycles. The number of amides is 3. The van der Waals surface area contributed by atoms with E-state index in [1.165, 1.54) is 6.07 Å². The third kappa shape index (κ3) is 9.12. The SMILES string of the molecule is O=C1CCC(Nc2ccc(C3CCN(C4CCC(NC(=O)C5CCC(Nc6ncc(F)c(-c7cccc(-c8ccc[nH]c8=O)c7)n6)CC5)CC4)CC3)c(F)c2)C(=O)N1. The highest BCUT2D eigenvalue weighted by Crippen LogP contribution is 2.35. The number of carbonyl (C=O) groups is 3. The maximum absolute atomic E-state index is 15.3. The molecule has 1 atom stereocenters. The molecule has 0 bridgehead atoms. The maximum Gasteiger partial charge on any atom is 0.255 e. The number of likely N-dealkylation sites (tertiary alicyclic amines) is 1. The number of benzene rings is 2. The van der Waals surface area contributed by atoms with Crippen molar-refractivity contribution < 1.29 is 23.2 Å². The Labute approximate surface area is 336 Å². The number of aromatic nitrogens is 3. The summed E-state index contributed by atoms with van der Waals surface area (Å²) >= 11 is 0. The number of anilines is 2. The van der Waals surface area contributed by atoms with Gasteiger partial charge in [-0.25, -0.2) is 18.7 Å². The molecule has 8 rings (SSSR count). The quantitative estimate of drug-likeness (QED) is 0.117. The molecule has 304 valence electrons. The second-order valence-corrected chi connectivity index (χ2v) is 16.3. The number of pyridine rings is 1. The first kappa shape index (κ1) is 39.3. The van der Waals surface area contributed by atoms with Gasteiger partial charge in [-0.1, -0.05) is 24.3 Å². The van der Waals surface area contributed by atoms with E-state index in [2.05, 4.69) is 41.1 Å². The molecule has 2 aliphatic heterocycles. The van der Waals surface area contributed by atoms with Crippen molar-refractivity contribution in [3.05, 3.63) is 94.5 Å². The second kappa shape index (κ2) is 17.6. The van der Waals surface area contributed by atoms with Crippen LogP contribution in [0.25, 0.3) is 22.4 Å². The number of H-pyrrole nitrogens is 1. The van der Waals surface area contributed by atoms with Crippen molar-refractivity contribution in [1.82, 2.24) is 30.5 Å². The Kier molecular flexibility index (Phi) is 11.9. The first-order valence-electron chi connectivity index (χ1n) is 20.7. The highest BCUT2D eigenvalue weighted by atomic mass is 19.1. The molecule has 2 aromatic heterocycles. The van der Waals surface area contributed by atoms with Gasteiger partial charge in [0.05, 0.1) is 6.20 Å². The molecule has 3 amide bonds. The number of piperidine rings is 2. The number of nitrogens with one attached hydrogen (secondary N) is 5. The molecule has 4 fully saturated rings. The van der Waals surface area contributed by atoms with E-state index in [0.717, 1.165) is 83.5 Å². The van der Waals surface area contributed by atoms with Crippen LogP contribution in [0, 0.1) is 17.6 Å². The molecule has 5 N–H and O–H groups in total. The third-order valence-corrected chi connectivity index (χ3v) is 12.5. The van der Waals surface area contributed by atoms with E-state index >= 15 is 4.39 Å². The molecule has 2 aromatic carbocycles. The van der Waals surface area contributed by atoms with E-state index in [1.54, 1.807) is 42.6 Å². The Balaban J connectivity index is 0.760. The van der Waals surface area contributed by atoms with E-state index in [0.29, 0.717) is 46.4 Å². The molecule has 14 heteroatoms. The van der Waals surface area contributed by atoms with Gasteiger partial charge in [-0.15, -0.1) is 0 Å². The zero-order valence-corrected chi connectivity index (χ0v) is 32.4. The Morgan fingerprint density at radius 2 is 1.53 bits per heavy atom. The molecular formula is C44H50F2N8O4. The van der Waals surface area contributed by atoms with Gasteiger partial charge in [-0.05, 0) is 131 Å². The molecule has 0 radical (unpaired) electrons. The summed E-state index contributed by atoms with van der Waals surface area (Å²) in [6, 6.07) is 15.8. The van der Waals surface area contributed by atoms with Gasteiger partial charge in [-0.3, -0.25) is 24.5 Å². The molecule has 12 nitrogen and oxygen atoms in total. The van der Waals surface area contributed by atoms with Gasteiger partial charge in [0.15, 0.2) is 5.82 Å². The largest absolute Gasteiger partial charge is 0.374 e. The summed E-state index contributed by atoms with van der Waals surface area (Å²) in [5.74, 6) is -0.935. The molecule has 2 saturated heterocycles. The Hall–Kier alpha value is -5.50. The summed E-state index contributed by atoms with van der Waals surface area (Å²) in [5.41, 5.74) is 2.87. The zero-order chi connectivity index (χ0) is 40.2. The van der Waals surface area contributed by atoms with Crippen LogP contribution in [-0.4, -0.2) is 74.8 Å². The van der Waals surface area contributed by atoms with Crippen LogP contribution >= 0.6 is 0 Å². The minimum atomic E-state index is -0.553. The minimum absolute atomic E-state index is 0.0500.